The van der Waals surface area contributed by atoms with Crippen molar-refractivity contribution in [2.24, 2.45) is 0 Å². The maximum Gasteiger partial charge on any atom is 0.261 e. The van der Waals surface area contributed by atoms with E-state index >= 15 is 0 Å². The third-order valence-corrected chi connectivity index (χ3v) is 11.7. The highest BCUT2D eigenvalue weighted by Gasteiger charge is 2.51. The zero-order valence-corrected chi connectivity index (χ0v) is 23.3. The van der Waals surface area contributed by atoms with Gasteiger partial charge in [-0.05, 0) is 34.8 Å². The smallest absolute Gasteiger partial charge is 0.261 e. The van der Waals surface area contributed by atoms with Crippen LogP contribution in [0, 0.1) is 0 Å². The van der Waals surface area contributed by atoms with Gasteiger partial charge in [0.2, 0.25) is 0 Å². The second-order valence-corrected chi connectivity index (χ2v) is 15.4. The molecule has 0 saturated carbocycles. The van der Waals surface area contributed by atoms with Crippen molar-refractivity contribution in [3.63, 3.8) is 0 Å². The van der Waals surface area contributed by atoms with E-state index in [1.807, 2.05) is 32.0 Å². The van der Waals surface area contributed by atoms with Gasteiger partial charge in [-0.15, -0.1) is 0 Å². The zero-order valence-electron chi connectivity index (χ0n) is 22.3. The largest absolute Gasteiger partial charge is 0.405 e. The van der Waals surface area contributed by atoms with E-state index in [1.165, 1.54) is 10.4 Å². The van der Waals surface area contributed by atoms with Gasteiger partial charge < -0.3 is 18.6 Å². The van der Waals surface area contributed by atoms with E-state index in [9.17, 15) is 0 Å². The predicted octanol–water partition coefficient (Wildman–Crippen LogP) is 5.69. The van der Waals surface area contributed by atoms with Gasteiger partial charge in [-0.3, -0.25) is 0 Å². The Morgan fingerprint density at radius 2 is 1.22 bits per heavy atom. The predicted molar refractivity (Wildman–Crippen MR) is 148 cm³/mol. The molecule has 0 spiro atoms. The van der Waals surface area contributed by atoms with Crippen LogP contribution in [0.25, 0.3) is 0 Å². The lowest BCUT2D eigenvalue weighted by molar-refractivity contribution is -0.309. The van der Waals surface area contributed by atoms with E-state index in [2.05, 4.69) is 93.6 Å². The Morgan fingerprint density at radius 1 is 0.750 bits per heavy atom. The SMILES string of the molecule is CC1(C)O[C@H](COCc2ccccc2)C[C@H](CO[Si](c2ccccc2)(c2ccccc2)C(C)(C)C)O1. The molecule has 0 unspecified atom stereocenters. The van der Waals surface area contributed by atoms with Crippen LogP contribution in [0.5, 0.6) is 0 Å². The minimum atomic E-state index is -2.62. The molecule has 1 aliphatic rings. The summed E-state index contributed by atoms with van der Waals surface area (Å²) in [5.74, 6) is -0.696. The van der Waals surface area contributed by atoms with Crippen LogP contribution in [0.4, 0.5) is 0 Å². The fourth-order valence-electron chi connectivity index (χ4n) is 5.29. The van der Waals surface area contributed by atoms with E-state index < -0.39 is 14.1 Å². The summed E-state index contributed by atoms with van der Waals surface area (Å²) >= 11 is 0. The lowest BCUT2D eigenvalue weighted by Crippen LogP contribution is -2.67. The number of hydrogen-bond donors (Lipinski definition) is 0. The first kappa shape index (κ1) is 26.8. The van der Waals surface area contributed by atoms with E-state index in [1.54, 1.807) is 0 Å². The quantitative estimate of drug-likeness (QED) is 0.351. The van der Waals surface area contributed by atoms with Gasteiger partial charge in [-0.25, -0.2) is 0 Å². The van der Waals surface area contributed by atoms with Crippen LogP contribution in [-0.2, 0) is 25.2 Å². The molecule has 0 N–H and O–H groups in total. The molecule has 0 aromatic heterocycles. The van der Waals surface area contributed by atoms with Gasteiger partial charge in [0.15, 0.2) is 5.79 Å². The lowest BCUT2D eigenvalue weighted by atomic mass is 10.1. The van der Waals surface area contributed by atoms with E-state index in [-0.39, 0.29) is 17.2 Å². The lowest BCUT2D eigenvalue weighted by Gasteiger charge is -2.45. The van der Waals surface area contributed by atoms with Crippen molar-refractivity contribution in [1.29, 1.82) is 0 Å². The van der Waals surface area contributed by atoms with Crippen molar-refractivity contribution in [3.8, 4) is 0 Å². The van der Waals surface area contributed by atoms with Crippen LogP contribution in [0.3, 0.4) is 0 Å². The number of benzene rings is 3. The highest BCUT2D eigenvalue weighted by Crippen LogP contribution is 2.37. The molecule has 4 nitrogen and oxygen atoms in total. The molecule has 3 aromatic rings. The molecule has 192 valence electrons. The Kier molecular flexibility index (Phi) is 8.48. The van der Waals surface area contributed by atoms with Crippen molar-refractivity contribution in [2.45, 2.75) is 70.7 Å². The van der Waals surface area contributed by atoms with Crippen LogP contribution in [-0.4, -0.2) is 39.5 Å². The molecule has 1 heterocycles. The third kappa shape index (κ3) is 6.34. The molecular weight excluding hydrogens is 464 g/mol. The van der Waals surface area contributed by atoms with Gasteiger partial charge in [0.25, 0.3) is 8.32 Å². The average molecular weight is 505 g/mol. The average Bonchev–Trinajstić information content (AvgIpc) is 2.85. The van der Waals surface area contributed by atoms with Crippen molar-refractivity contribution in [3.05, 3.63) is 96.6 Å². The molecule has 0 amide bonds. The highest BCUT2D eigenvalue weighted by molar-refractivity contribution is 6.99. The molecule has 0 bridgehead atoms. The van der Waals surface area contributed by atoms with Gasteiger partial charge in [0.05, 0.1) is 32.0 Å². The van der Waals surface area contributed by atoms with Crippen molar-refractivity contribution >= 4 is 18.7 Å². The van der Waals surface area contributed by atoms with Crippen LogP contribution in [0.2, 0.25) is 5.04 Å². The Morgan fingerprint density at radius 3 is 1.72 bits per heavy atom. The third-order valence-electron chi connectivity index (χ3n) is 6.74. The molecule has 2 atom stereocenters. The molecule has 0 aliphatic carbocycles. The molecule has 1 saturated heterocycles. The summed E-state index contributed by atoms with van der Waals surface area (Å²) in [6.45, 7) is 12.5. The normalized spacial score (nSPS) is 20.2. The Hall–Kier alpha value is -2.28. The number of ether oxygens (including phenoxy) is 3. The molecule has 36 heavy (non-hydrogen) atoms. The molecule has 4 rings (SSSR count). The fourth-order valence-corrected chi connectivity index (χ4v) is 9.88. The monoisotopic (exact) mass is 504 g/mol. The second-order valence-electron chi connectivity index (χ2n) is 11.1. The summed E-state index contributed by atoms with van der Waals surface area (Å²) in [4.78, 5) is 0. The van der Waals surface area contributed by atoms with Gasteiger partial charge >= 0.3 is 0 Å². The first-order valence-corrected chi connectivity index (χ1v) is 14.8. The summed E-state index contributed by atoms with van der Waals surface area (Å²) in [6.07, 6.45) is 0.599. The van der Waals surface area contributed by atoms with Crippen LogP contribution >= 0.6 is 0 Å². The summed E-state index contributed by atoms with van der Waals surface area (Å²) < 4.78 is 25.8. The van der Waals surface area contributed by atoms with Crippen LogP contribution in [0.15, 0.2) is 91.0 Å². The number of rotatable bonds is 9. The Balaban J connectivity index is 1.52. The number of hydrogen-bond acceptors (Lipinski definition) is 4. The van der Waals surface area contributed by atoms with Gasteiger partial charge in [-0.2, -0.15) is 0 Å². The Labute approximate surface area is 217 Å². The second kappa shape index (κ2) is 11.4. The van der Waals surface area contributed by atoms with Crippen molar-refractivity contribution < 1.29 is 18.6 Å². The van der Waals surface area contributed by atoms with E-state index in [4.69, 9.17) is 18.6 Å². The van der Waals surface area contributed by atoms with Gasteiger partial charge in [-0.1, -0.05) is 112 Å². The zero-order chi connectivity index (χ0) is 25.7. The molecule has 0 radical (unpaired) electrons. The molecule has 5 heteroatoms. The maximum absolute atomic E-state index is 7.14. The molecule has 1 fully saturated rings. The van der Waals surface area contributed by atoms with Crippen molar-refractivity contribution in [2.75, 3.05) is 13.2 Å². The minimum Gasteiger partial charge on any atom is -0.405 e. The van der Waals surface area contributed by atoms with Gasteiger partial charge in [0, 0.05) is 6.42 Å². The Bertz CT molecular complexity index is 1020. The first-order chi connectivity index (χ1) is 17.2. The molecular formula is C31H40O4Si. The van der Waals surface area contributed by atoms with Crippen LogP contribution in [0.1, 0.15) is 46.6 Å². The summed E-state index contributed by atoms with van der Waals surface area (Å²) in [6, 6.07) is 31.7. The fraction of sp³-hybridized carbons (Fsp3) is 0.419. The van der Waals surface area contributed by atoms with Crippen LogP contribution < -0.4 is 10.4 Å². The highest BCUT2D eigenvalue weighted by atomic mass is 28.4. The minimum absolute atomic E-state index is 0.0507. The topological polar surface area (TPSA) is 36.9 Å². The standard InChI is InChI=1S/C31H40O4Si/c1-30(2,3)36(28-17-11-7-12-18-28,29-19-13-8-14-20-29)33-24-27-21-26(34-31(4,5)35-27)23-32-22-25-15-9-6-10-16-25/h6-20,26-27H,21-24H2,1-5H3/t26-,27+/m0/s1. The van der Waals surface area contributed by atoms with Crippen molar-refractivity contribution in [1.82, 2.24) is 0 Å². The molecule has 1 aliphatic heterocycles. The first-order valence-electron chi connectivity index (χ1n) is 12.9. The summed E-state index contributed by atoms with van der Waals surface area (Å²) in [5, 5.41) is 2.48. The molecule has 3 aromatic carbocycles. The van der Waals surface area contributed by atoms with Gasteiger partial charge in [0.1, 0.15) is 0 Å². The van der Waals surface area contributed by atoms with E-state index in [0.29, 0.717) is 19.8 Å². The maximum atomic E-state index is 7.14. The van der Waals surface area contributed by atoms with E-state index in [0.717, 1.165) is 12.0 Å². The summed E-state index contributed by atoms with van der Waals surface area (Å²) in [5.41, 5.74) is 1.16. The summed E-state index contributed by atoms with van der Waals surface area (Å²) in [7, 11) is -2.62.